The topological polar surface area (TPSA) is 58.6 Å². The van der Waals surface area contributed by atoms with Crippen molar-refractivity contribution in [3.05, 3.63) is 52.5 Å². The summed E-state index contributed by atoms with van der Waals surface area (Å²) < 4.78 is 5.73. The zero-order valence-corrected chi connectivity index (χ0v) is 16.3. The van der Waals surface area contributed by atoms with Gasteiger partial charge in [0.25, 0.3) is 0 Å². The lowest BCUT2D eigenvalue weighted by Crippen LogP contribution is -2.24. The third-order valence-electron chi connectivity index (χ3n) is 4.75. The van der Waals surface area contributed by atoms with Crippen molar-refractivity contribution < 1.29 is 14.3 Å². The van der Waals surface area contributed by atoms with Crippen molar-refractivity contribution >= 4 is 34.8 Å². The van der Waals surface area contributed by atoms with Gasteiger partial charge in [0.2, 0.25) is 11.8 Å². The zero-order valence-electron chi connectivity index (χ0n) is 15.5. The number of nitrogens with one attached hydrogen (secondary N) is 1. The highest BCUT2D eigenvalue weighted by atomic mass is 35.5. The van der Waals surface area contributed by atoms with E-state index in [4.69, 9.17) is 16.3 Å². The van der Waals surface area contributed by atoms with Crippen LogP contribution >= 0.6 is 11.6 Å². The van der Waals surface area contributed by atoms with Crippen LogP contribution in [0.15, 0.2) is 36.4 Å². The third kappa shape index (κ3) is 4.61. The first-order valence-corrected chi connectivity index (χ1v) is 9.42. The fraction of sp³-hybridized carbons (Fsp3) is 0.333. The van der Waals surface area contributed by atoms with Crippen LogP contribution < -0.4 is 15.0 Å². The van der Waals surface area contributed by atoms with Crippen LogP contribution in [0.4, 0.5) is 11.4 Å². The Bertz CT molecular complexity index is 867. The molecule has 2 aromatic rings. The molecule has 0 saturated carbocycles. The number of benzene rings is 2. The molecule has 27 heavy (non-hydrogen) atoms. The quantitative estimate of drug-likeness (QED) is 0.795. The fourth-order valence-corrected chi connectivity index (χ4v) is 3.21. The van der Waals surface area contributed by atoms with E-state index in [2.05, 4.69) is 5.32 Å². The number of hydrogen-bond donors (Lipinski definition) is 1. The van der Waals surface area contributed by atoms with Gasteiger partial charge in [-0.3, -0.25) is 9.59 Å². The Morgan fingerprint density at radius 1 is 1.26 bits per heavy atom. The molecule has 1 saturated heterocycles. The second kappa shape index (κ2) is 8.44. The number of amides is 2. The summed E-state index contributed by atoms with van der Waals surface area (Å²) in [5, 5.41) is 3.25. The monoisotopic (exact) mass is 386 g/mol. The maximum Gasteiger partial charge on any atom is 0.227 e. The average Bonchev–Trinajstić information content (AvgIpc) is 3.06. The summed E-state index contributed by atoms with van der Waals surface area (Å²) >= 11 is 6.20. The number of rotatable bonds is 6. The summed E-state index contributed by atoms with van der Waals surface area (Å²) in [5.41, 5.74) is 3.48. The number of hydrogen-bond acceptors (Lipinski definition) is 3. The molecular formula is C21H23ClN2O3. The lowest BCUT2D eigenvalue weighted by atomic mass is 10.1. The fourth-order valence-electron chi connectivity index (χ4n) is 3.05. The van der Waals surface area contributed by atoms with Gasteiger partial charge in [-0.1, -0.05) is 23.7 Å². The first-order chi connectivity index (χ1) is 13.0. The summed E-state index contributed by atoms with van der Waals surface area (Å²) in [6.45, 7) is 4.99. The normalized spacial score (nSPS) is 13.7. The lowest BCUT2D eigenvalue weighted by Gasteiger charge is -2.17. The van der Waals surface area contributed by atoms with Gasteiger partial charge >= 0.3 is 0 Å². The molecule has 1 aliphatic rings. The van der Waals surface area contributed by atoms with Crippen molar-refractivity contribution in [1.29, 1.82) is 0 Å². The van der Waals surface area contributed by atoms with Gasteiger partial charge in [-0.15, -0.1) is 0 Å². The summed E-state index contributed by atoms with van der Waals surface area (Å²) in [5.74, 6) is 0.694. The average molecular weight is 387 g/mol. The maximum atomic E-state index is 12.3. The number of aryl methyl sites for hydroxylation is 1. The molecule has 0 spiro atoms. The van der Waals surface area contributed by atoms with E-state index >= 15 is 0 Å². The predicted molar refractivity (Wildman–Crippen MR) is 108 cm³/mol. The number of nitrogens with zero attached hydrogens (tertiary/aromatic N) is 1. The molecule has 1 fully saturated rings. The molecule has 0 aliphatic carbocycles. The van der Waals surface area contributed by atoms with Gasteiger partial charge < -0.3 is 15.0 Å². The van der Waals surface area contributed by atoms with E-state index in [0.717, 1.165) is 29.0 Å². The van der Waals surface area contributed by atoms with E-state index in [1.165, 1.54) is 0 Å². The third-order valence-corrected chi connectivity index (χ3v) is 5.08. The summed E-state index contributed by atoms with van der Waals surface area (Å²) in [4.78, 5) is 25.9. The van der Waals surface area contributed by atoms with Crippen LogP contribution in [0, 0.1) is 13.8 Å². The first-order valence-electron chi connectivity index (χ1n) is 9.04. The lowest BCUT2D eigenvalue weighted by molar-refractivity contribution is -0.117. The van der Waals surface area contributed by atoms with E-state index in [9.17, 15) is 9.59 Å². The first kappa shape index (κ1) is 19.2. The molecule has 5 nitrogen and oxygen atoms in total. The van der Waals surface area contributed by atoms with E-state index in [1.807, 2.05) is 32.0 Å². The minimum absolute atomic E-state index is 0.0940. The molecule has 142 valence electrons. The largest absolute Gasteiger partial charge is 0.493 e. The Balaban J connectivity index is 1.59. The molecule has 2 aromatic carbocycles. The van der Waals surface area contributed by atoms with Crippen LogP contribution in [0.25, 0.3) is 0 Å². The molecule has 0 aromatic heterocycles. The number of carbonyl (C=O) groups is 2. The van der Waals surface area contributed by atoms with Crippen molar-refractivity contribution in [2.24, 2.45) is 0 Å². The van der Waals surface area contributed by atoms with Crippen molar-refractivity contribution in [3.63, 3.8) is 0 Å². The zero-order chi connectivity index (χ0) is 19.4. The van der Waals surface area contributed by atoms with Crippen molar-refractivity contribution in [2.45, 2.75) is 33.1 Å². The molecule has 0 bridgehead atoms. The van der Waals surface area contributed by atoms with Gasteiger partial charge in [0.05, 0.1) is 23.7 Å². The summed E-state index contributed by atoms with van der Waals surface area (Å²) in [6, 6.07) is 11.1. The van der Waals surface area contributed by atoms with Crippen LogP contribution in [0.5, 0.6) is 5.75 Å². The SMILES string of the molecule is Cc1cccc(OCCC(=O)Nc2cc(N3CCCC3=O)ccc2Cl)c1C. The highest BCUT2D eigenvalue weighted by molar-refractivity contribution is 6.33. The molecule has 1 heterocycles. The van der Waals surface area contributed by atoms with Crippen molar-refractivity contribution in [2.75, 3.05) is 23.4 Å². The molecule has 6 heteroatoms. The van der Waals surface area contributed by atoms with E-state index in [1.54, 1.807) is 23.1 Å². The number of ether oxygens (including phenoxy) is 1. The van der Waals surface area contributed by atoms with Crippen LogP contribution in [0.3, 0.4) is 0 Å². The van der Waals surface area contributed by atoms with E-state index in [-0.39, 0.29) is 24.8 Å². The minimum atomic E-state index is -0.188. The predicted octanol–water partition coefficient (Wildman–Crippen LogP) is 4.49. The summed E-state index contributed by atoms with van der Waals surface area (Å²) in [6.07, 6.45) is 1.61. The molecule has 1 N–H and O–H groups in total. The second-order valence-electron chi connectivity index (χ2n) is 6.66. The highest BCUT2D eigenvalue weighted by Crippen LogP contribution is 2.30. The number of anilines is 2. The van der Waals surface area contributed by atoms with Gasteiger partial charge in [0.15, 0.2) is 0 Å². The standard InChI is InChI=1S/C21H23ClN2O3/c1-14-5-3-6-19(15(14)2)27-12-10-20(25)23-18-13-16(8-9-17(18)22)24-11-4-7-21(24)26/h3,5-6,8-9,13H,4,7,10-12H2,1-2H3,(H,23,25). The molecule has 2 amide bonds. The van der Waals surface area contributed by atoms with Gasteiger partial charge in [0.1, 0.15) is 5.75 Å². The second-order valence-corrected chi connectivity index (χ2v) is 7.06. The number of halogens is 1. The van der Waals surface area contributed by atoms with Gasteiger partial charge in [-0.05, 0) is 55.7 Å². The van der Waals surface area contributed by atoms with Crippen molar-refractivity contribution in [3.8, 4) is 5.75 Å². The molecular weight excluding hydrogens is 364 g/mol. The molecule has 1 aliphatic heterocycles. The van der Waals surface area contributed by atoms with E-state index < -0.39 is 0 Å². The van der Waals surface area contributed by atoms with Crippen LogP contribution in [-0.4, -0.2) is 25.0 Å². The molecule has 0 atom stereocenters. The minimum Gasteiger partial charge on any atom is -0.493 e. The Kier molecular flexibility index (Phi) is 6.01. The van der Waals surface area contributed by atoms with Gasteiger partial charge in [-0.25, -0.2) is 0 Å². The van der Waals surface area contributed by atoms with Crippen LogP contribution in [-0.2, 0) is 9.59 Å². The molecule has 0 radical (unpaired) electrons. The van der Waals surface area contributed by atoms with Crippen LogP contribution in [0.2, 0.25) is 5.02 Å². The molecule has 3 rings (SSSR count). The molecule has 0 unspecified atom stereocenters. The van der Waals surface area contributed by atoms with Crippen LogP contribution in [0.1, 0.15) is 30.4 Å². The Morgan fingerprint density at radius 2 is 2.07 bits per heavy atom. The Morgan fingerprint density at radius 3 is 2.81 bits per heavy atom. The van der Waals surface area contributed by atoms with Gasteiger partial charge in [0, 0.05) is 18.7 Å². The Labute approximate surface area is 164 Å². The Hall–Kier alpha value is -2.53. The summed E-state index contributed by atoms with van der Waals surface area (Å²) in [7, 11) is 0. The highest BCUT2D eigenvalue weighted by Gasteiger charge is 2.22. The van der Waals surface area contributed by atoms with Crippen molar-refractivity contribution in [1.82, 2.24) is 0 Å². The van der Waals surface area contributed by atoms with Gasteiger partial charge in [-0.2, -0.15) is 0 Å². The number of carbonyl (C=O) groups excluding carboxylic acids is 2. The van der Waals surface area contributed by atoms with E-state index in [0.29, 0.717) is 23.7 Å². The maximum absolute atomic E-state index is 12.3. The smallest absolute Gasteiger partial charge is 0.227 e.